The molecule has 1 aromatic carbocycles. The van der Waals surface area contributed by atoms with Crippen LogP contribution in [0, 0.1) is 12.3 Å². The Labute approximate surface area is 116 Å². The zero-order valence-corrected chi connectivity index (χ0v) is 12.4. The Morgan fingerprint density at radius 1 is 1.42 bits per heavy atom. The number of hydrogen-bond donors (Lipinski definition) is 1. The highest BCUT2D eigenvalue weighted by molar-refractivity contribution is 5.36. The lowest BCUT2D eigenvalue weighted by atomic mass is 9.80. The van der Waals surface area contributed by atoms with Crippen molar-refractivity contribution in [3.8, 4) is 5.75 Å². The summed E-state index contributed by atoms with van der Waals surface area (Å²) in [6.45, 7) is 8.99. The molecule has 1 heterocycles. The maximum absolute atomic E-state index is 10.2. The number of aryl methyl sites for hydroxylation is 1. The van der Waals surface area contributed by atoms with Crippen molar-refractivity contribution in [2.45, 2.75) is 39.8 Å². The molecule has 0 bridgehead atoms. The average molecular weight is 263 g/mol. The fourth-order valence-electron chi connectivity index (χ4n) is 2.61. The van der Waals surface area contributed by atoms with Gasteiger partial charge in [0.05, 0.1) is 13.2 Å². The molecule has 19 heavy (non-hydrogen) atoms. The molecule has 0 radical (unpaired) electrons. The summed E-state index contributed by atoms with van der Waals surface area (Å²) < 4.78 is 5.42. The van der Waals surface area contributed by atoms with E-state index in [1.807, 2.05) is 6.07 Å². The van der Waals surface area contributed by atoms with Gasteiger partial charge in [-0.25, -0.2) is 0 Å². The van der Waals surface area contributed by atoms with Crippen molar-refractivity contribution in [2.24, 2.45) is 5.41 Å². The van der Waals surface area contributed by atoms with Crippen LogP contribution in [-0.4, -0.2) is 36.3 Å². The third kappa shape index (κ3) is 3.28. The van der Waals surface area contributed by atoms with Crippen LogP contribution >= 0.6 is 0 Å². The first-order chi connectivity index (χ1) is 8.92. The van der Waals surface area contributed by atoms with E-state index in [1.54, 1.807) is 7.11 Å². The van der Waals surface area contributed by atoms with Gasteiger partial charge in [-0.2, -0.15) is 0 Å². The Morgan fingerprint density at radius 3 is 2.79 bits per heavy atom. The summed E-state index contributed by atoms with van der Waals surface area (Å²) in [4.78, 5) is 2.31. The Morgan fingerprint density at radius 2 is 2.16 bits per heavy atom. The summed E-state index contributed by atoms with van der Waals surface area (Å²) >= 11 is 0. The first-order valence-electron chi connectivity index (χ1n) is 6.96. The number of aliphatic hydroxyl groups excluding tert-OH is 1. The van der Waals surface area contributed by atoms with Gasteiger partial charge in [0.1, 0.15) is 5.75 Å². The van der Waals surface area contributed by atoms with E-state index in [4.69, 9.17) is 4.74 Å². The van der Waals surface area contributed by atoms with E-state index in [-0.39, 0.29) is 11.5 Å². The predicted molar refractivity (Wildman–Crippen MR) is 77.4 cm³/mol. The van der Waals surface area contributed by atoms with E-state index in [2.05, 4.69) is 37.8 Å². The number of methoxy groups -OCH3 is 1. The van der Waals surface area contributed by atoms with E-state index in [0.29, 0.717) is 0 Å². The number of aliphatic hydroxyl groups is 1. The number of hydrogen-bond acceptors (Lipinski definition) is 3. The van der Waals surface area contributed by atoms with Crippen LogP contribution < -0.4 is 4.74 Å². The summed E-state index contributed by atoms with van der Waals surface area (Å²) in [6, 6.07) is 6.26. The highest BCUT2D eigenvalue weighted by atomic mass is 16.5. The Kier molecular flexibility index (Phi) is 4.16. The van der Waals surface area contributed by atoms with Crippen molar-refractivity contribution in [2.75, 3.05) is 20.2 Å². The van der Waals surface area contributed by atoms with Gasteiger partial charge in [-0.05, 0) is 31.4 Å². The van der Waals surface area contributed by atoms with Crippen LogP contribution in [-0.2, 0) is 6.54 Å². The largest absolute Gasteiger partial charge is 0.496 e. The van der Waals surface area contributed by atoms with Gasteiger partial charge >= 0.3 is 0 Å². The SMILES string of the molecule is COc1ccc(C)cc1CN1CCC(C)(C)C(O)C1. The van der Waals surface area contributed by atoms with Crippen molar-refractivity contribution >= 4 is 0 Å². The van der Waals surface area contributed by atoms with Gasteiger partial charge in [0.25, 0.3) is 0 Å². The number of ether oxygens (including phenoxy) is 1. The number of rotatable bonds is 3. The zero-order chi connectivity index (χ0) is 14.0. The summed E-state index contributed by atoms with van der Waals surface area (Å²) in [5.74, 6) is 0.935. The van der Waals surface area contributed by atoms with Gasteiger partial charge in [-0.3, -0.25) is 4.90 Å². The second-order valence-corrected chi connectivity index (χ2v) is 6.30. The lowest BCUT2D eigenvalue weighted by Gasteiger charge is -2.41. The van der Waals surface area contributed by atoms with Crippen LogP contribution in [0.25, 0.3) is 0 Å². The van der Waals surface area contributed by atoms with Gasteiger partial charge in [-0.1, -0.05) is 31.5 Å². The molecular formula is C16H25NO2. The third-order valence-corrected chi connectivity index (χ3v) is 4.24. The molecule has 2 rings (SSSR count). The number of β-amino-alcohol motifs (C(OH)–C–C–N with tert-alkyl or cyclic N) is 1. The summed E-state index contributed by atoms with van der Waals surface area (Å²) in [7, 11) is 1.71. The minimum absolute atomic E-state index is 0.0349. The minimum atomic E-state index is -0.253. The molecule has 3 nitrogen and oxygen atoms in total. The van der Waals surface area contributed by atoms with Crippen molar-refractivity contribution in [3.05, 3.63) is 29.3 Å². The highest BCUT2D eigenvalue weighted by Gasteiger charge is 2.34. The number of benzene rings is 1. The van der Waals surface area contributed by atoms with Crippen molar-refractivity contribution < 1.29 is 9.84 Å². The Balaban J connectivity index is 2.08. The van der Waals surface area contributed by atoms with Crippen molar-refractivity contribution in [1.82, 2.24) is 4.90 Å². The van der Waals surface area contributed by atoms with Gasteiger partial charge in [0, 0.05) is 18.7 Å². The molecule has 3 heteroatoms. The predicted octanol–water partition coefficient (Wildman–Crippen LogP) is 2.60. The maximum atomic E-state index is 10.2. The van der Waals surface area contributed by atoms with Crippen LogP contribution in [0.15, 0.2) is 18.2 Å². The lowest BCUT2D eigenvalue weighted by Crippen LogP contribution is -2.47. The summed E-state index contributed by atoms with van der Waals surface area (Å²) in [6.07, 6.45) is 0.777. The molecular weight excluding hydrogens is 238 g/mol. The molecule has 0 saturated carbocycles. The van der Waals surface area contributed by atoms with Crippen LogP contribution in [0.1, 0.15) is 31.4 Å². The van der Waals surface area contributed by atoms with Crippen LogP contribution in [0.3, 0.4) is 0 Å². The molecule has 106 valence electrons. The molecule has 1 atom stereocenters. The van der Waals surface area contributed by atoms with E-state index in [1.165, 1.54) is 11.1 Å². The molecule has 0 aliphatic carbocycles. The highest BCUT2D eigenvalue weighted by Crippen LogP contribution is 2.32. The minimum Gasteiger partial charge on any atom is -0.496 e. The lowest BCUT2D eigenvalue weighted by molar-refractivity contribution is -0.0279. The fraction of sp³-hybridized carbons (Fsp3) is 0.625. The molecule has 1 fully saturated rings. The number of piperidine rings is 1. The smallest absolute Gasteiger partial charge is 0.123 e. The topological polar surface area (TPSA) is 32.7 Å². The molecule has 0 amide bonds. The first kappa shape index (κ1) is 14.4. The molecule has 0 spiro atoms. The molecule has 1 aliphatic rings. The Bertz CT molecular complexity index is 442. The second kappa shape index (κ2) is 5.51. The molecule has 1 aromatic rings. The van der Waals surface area contributed by atoms with Gasteiger partial charge in [-0.15, -0.1) is 0 Å². The summed E-state index contributed by atoms with van der Waals surface area (Å²) in [5, 5.41) is 10.2. The fourth-order valence-corrected chi connectivity index (χ4v) is 2.61. The van der Waals surface area contributed by atoms with E-state index in [0.717, 1.165) is 31.8 Å². The maximum Gasteiger partial charge on any atom is 0.123 e. The quantitative estimate of drug-likeness (QED) is 0.910. The van der Waals surface area contributed by atoms with E-state index < -0.39 is 0 Å². The molecule has 0 aromatic heterocycles. The van der Waals surface area contributed by atoms with Gasteiger partial charge in [0.2, 0.25) is 0 Å². The van der Waals surface area contributed by atoms with Crippen LogP contribution in [0.5, 0.6) is 5.75 Å². The third-order valence-electron chi connectivity index (χ3n) is 4.24. The standard InChI is InChI=1S/C16H25NO2/c1-12-5-6-14(19-4)13(9-12)10-17-8-7-16(2,3)15(18)11-17/h5-6,9,15,18H,7-8,10-11H2,1-4H3. The van der Waals surface area contributed by atoms with E-state index in [9.17, 15) is 5.11 Å². The number of likely N-dealkylation sites (tertiary alicyclic amines) is 1. The van der Waals surface area contributed by atoms with Crippen molar-refractivity contribution in [3.63, 3.8) is 0 Å². The van der Waals surface area contributed by atoms with E-state index >= 15 is 0 Å². The van der Waals surface area contributed by atoms with Gasteiger partial charge in [0.15, 0.2) is 0 Å². The van der Waals surface area contributed by atoms with Gasteiger partial charge < -0.3 is 9.84 Å². The molecule has 1 unspecified atom stereocenters. The molecule has 1 aliphatic heterocycles. The van der Waals surface area contributed by atoms with Crippen LogP contribution in [0.4, 0.5) is 0 Å². The summed E-state index contributed by atoms with van der Waals surface area (Å²) in [5.41, 5.74) is 2.48. The normalized spacial score (nSPS) is 23.3. The van der Waals surface area contributed by atoms with Crippen molar-refractivity contribution in [1.29, 1.82) is 0 Å². The second-order valence-electron chi connectivity index (χ2n) is 6.30. The number of nitrogens with zero attached hydrogens (tertiary/aromatic N) is 1. The first-order valence-corrected chi connectivity index (χ1v) is 6.96. The molecule has 1 N–H and O–H groups in total. The monoisotopic (exact) mass is 263 g/mol. The zero-order valence-electron chi connectivity index (χ0n) is 12.4. The average Bonchev–Trinajstić information content (AvgIpc) is 2.35. The van der Waals surface area contributed by atoms with Crippen LogP contribution in [0.2, 0.25) is 0 Å². The molecule has 1 saturated heterocycles. The Hall–Kier alpha value is -1.06.